The Kier molecular flexibility index (Phi) is 7.73. The van der Waals surface area contributed by atoms with Crippen LogP contribution in [0.15, 0.2) is 58.1 Å². The maximum Gasteiger partial charge on any atom is 0.416 e. The summed E-state index contributed by atoms with van der Waals surface area (Å²) in [5, 5.41) is 0. The first-order chi connectivity index (χ1) is 19.2. The molecule has 40 heavy (non-hydrogen) atoms. The molecule has 0 bridgehead atoms. The number of aryl methyl sites for hydroxylation is 1. The summed E-state index contributed by atoms with van der Waals surface area (Å²) >= 11 is 0. The lowest BCUT2D eigenvalue weighted by molar-refractivity contribution is -0.137. The van der Waals surface area contributed by atoms with Gasteiger partial charge in [0.25, 0.3) is 5.56 Å². The van der Waals surface area contributed by atoms with Crippen LogP contribution in [0.1, 0.15) is 45.1 Å². The molecule has 5 rings (SSSR count). The number of rotatable bonds is 8. The highest BCUT2D eigenvalue weighted by molar-refractivity contribution is 5.75. The Hall–Kier alpha value is -4.02. The Morgan fingerprint density at radius 1 is 0.925 bits per heavy atom. The summed E-state index contributed by atoms with van der Waals surface area (Å²) in [6.07, 6.45) is -1.47. The predicted molar refractivity (Wildman–Crippen MR) is 148 cm³/mol. The second-order valence-electron chi connectivity index (χ2n) is 10.0. The van der Waals surface area contributed by atoms with E-state index in [1.807, 2.05) is 38.1 Å². The van der Waals surface area contributed by atoms with Crippen molar-refractivity contribution in [1.29, 1.82) is 0 Å². The van der Waals surface area contributed by atoms with Crippen molar-refractivity contribution < 1.29 is 17.9 Å². The molecule has 11 heteroatoms. The van der Waals surface area contributed by atoms with Gasteiger partial charge in [0.15, 0.2) is 5.65 Å². The molecular formula is C29H32F3N5O3. The van der Waals surface area contributed by atoms with Crippen LogP contribution in [0.4, 0.5) is 18.9 Å². The summed E-state index contributed by atoms with van der Waals surface area (Å²) in [6.45, 7) is 6.07. The number of piperidine rings is 1. The van der Waals surface area contributed by atoms with E-state index in [1.165, 1.54) is 16.7 Å². The summed E-state index contributed by atoms with van der Waals surface area (Å²) in [4.78, 5) is 35.7. The summed E-state index contributed by atoms with van der Waals surface area (Å²) in [5.74, 6) is 1.20. The summed E-state index contributed by atoms with van der Waals surface area (Å²) in [6, 6.07) is 12.7. The van der Waals surface area contributed by atoms with Gasteiger partial charge in [0.2, 0.25) is 0 Å². The molecule has 1 aliphatic rings. The molecule has 0 amide bonds. The Morgan fingerprint density at radius 3 is 2.15 bits per heavy atom. The number of halogens is 3. The van der Waals surface area contributed by atoms with Crippen LogP contribution in [0, 0.1) is 0 Å². The van der Waals surface area contributed by atoms with E-state index < -0.39 is 11.7 Å². The van der Waals surface area contributed by atoms with E-state index in [0.717, 1.165) is 42.6 Å². The monoisotopic (exact) mass is 555 g/mol. The molecule has 212 valence electrons. The van der Waals surface area contributed by atoms with Gasteiger partial charge in [-0.25, -0.2) is 9.78 Å². The zero-order valence-electron chi connectivity index (χ0n) is 22.5. The molecule has 2 aromatic heterocycles. The Labute approximate surface area is 229 Å². The van der Waals surface area contributed by atoms with Gasteiger partial charge in [0.1, 0.15) is 23.2 Å². The number of H-pyrrole nitrogens is 1. The van der Waals surface area contributed by atoms with E-state index in [-0.39, 0.29) is 17.4 Å². The van der Waals surface area contributed by atoms with Crippen molar-refractivity contribution in [3.05, 3.63) is 74.9 Å². The number of aromatic nitrogens is 4. The number of alkyl halides is 3. The normalized spacial score (nSPS) is 14.7. The lowest BCUT2D eigenvalue weighted by Crippen LogP contribution is -2.40. The van der Waals surface area contributed by atoms with Gasteiger partial charge >= 0.3 is 11.9 Å². The number of anilines is 1. The van der Waals surface area contributed by atoms with Gasteiger partial charge in [-0.3, -0.25) is 13.9 Å². The van der Waals surface area contributed by atoms with Crippen LogP contribution in [0.3, 0.4) is 0 Å². The maximum absolute atomic E-state index is 13.0. The molecule has 0 radical (unpaired) electrons. The van der Waals surface area contributed by atoms with Gasteiger partial charge in [0.05, 0.1) is 5.56 Å². The third-order valence-corrected chi connectivity index (χ3v) is 7.19. The SMILES string of the molecule is CCCn1c(=O)c2[nH]c(-c3ccc(OC4CCN(c5ccc(C(F)(F)F)cc5)CC4)cc3)nc2n(CCC)c1=O. The second-order valence-corrected chi connectivity index (χ2v) is 10.0. The molecule has 8 nitrogen and oxygen atoms in total. The van der Waals surface area contributed by atoms with Crippen molar-refractivity contribution in [2.75, 3.05) is 18.0 Å². The molecule has 0 spiro atoms. The molecular weight excluding hydrogens is 523 g/mol. The van der Waals surface area contributed by atoms with Gasteiger partial charge in [-0.05, 0) is 61.4 Å². The molecule has 0 aliphatic carbocycles. The zero-order chi connectivity index (χ0) is 28.4. The number of hydrogen-bond donors (Lipinski definition) is 1. The third kappa shape index (κ3) is 5.50. The molecule has 1 N–H and O–H groups in total. The Bertz CT molecular complexity index is 1580. The Morgan fingerprint density at radius 2 is 1.55 bits per heavy atom. The number of benzene rings is 2. The van der Waals surface area contributed by atoms with Crippen LogP contribution in [-0.2, 0) is 19.3 Å². The average Bonchev–Trinajstić information content (AvgIpc) is 3.39. The zero-order valence-corrected chi connectivity index (χ0v) is 22.5. The minimum absolute atomic E-state index is 0.0109. The average molecular weight is 556 g/mol. The highest BCUT2D eigenvalue weighted by Gasteiger charge is 2.30. The molecule has 2 aromatic carbocycles. The van der Waals surface area contributed by atoms with E-state index in [1.54, 1.807) is 4.57 Å². The van der Waals surface area contributed by atoms with Gasteiger partial charge in [-0.15, -0.1) is 0 Å². The van der Waals surface area contributed by atoms with Crippen molar-refractivity contribution >= 4 is 16.9 Å². The van der Waals surface area contributed by atoms with Crippen LogP contribution in [0.2, 0.25) is 0 Å². The number of nitrogens with one attached hydrogen (secondary N) is 1. The fourth-order valence-electron chi connectivity index (χ4n) is 5.13. The predicted octanol–water partition coefficient (Wildman–Crippen LogP) is 5.44. The van der Waals surface area contributed by atoms with E-state index in [4.69, 9.17) is 4.74 Å². The first-order valence-corrected chi connectivity index (χ1v) is 13.6. The second kappa shape index (κ2) is 11.2. The van der Waals surface area contributed by atoms with Crippen LogP contribution < -0.4 is 20.9 Å². The molecule has 0 unspecified atom stereocenters. The molecule has 0 saturated carbocycles. The number of fused-ring (bicyclic) bond motifs is 1. The standard InChI is InChI=1S/C29H32F3N5O3/c1-3-15-36-26-24(27(38)37(16-4-2)28(36)39)33-25(34-26)19-5-11-22(12-6-19)40-23-13-17-35(18-14-23)21-9-7-20(8-10-21)29(30,31)32/h5-12,23H,3-4,13-18H2,1-2H3,(H,33,34). The third-order valence-electron chi connectivity index (χ3n) is 7.19. The first-order valence-electron chi connectivity index (χ1n) is 13.6. The number of nitrogens with zero attached hydrogens (tertiary/aromatic N) is 4. The molecule has 0 atom stereocenters. The smallest absolute Gasteiger partial charge is 0.416 e. The lowest BCUT2D eigenvalue weighted by Gasteiger charge is -2.33. The van der Waals surface area contributed by atoms with Gasteiger partial charge in [0, 0.05) is 50.3 Å². The Balaban J connectivity index is 1.27. The van der Waals surface area contributed by atoms with Crippen LogP contribution in [0.25, 0.3) is 22.6 Å². The topological polar surface area (TPSA) is 85.2 Å². The maximum atomic E-state index is 13.0. The van der Waals surface area contributed by atoms with E-state index in [9.17, 15) is 22.8 Å². The highest BCUT2D eigenvalue weighted by Crippen LogP contribution is 2.31. The van der Waals surface area contributed by atoms with Crippen molar-refractivity contribution in [1.82, 2.24) is 19.1 Å². The van der Waals surface area contributed by atoms with Crippen LogP contribution >= 0.6 is 0 Å². The summed E-state index contributed by atoms with van der Waals surface area (Å²) in [5.41, 5.74) is 0.855. The van der Waals surface area contributed by atoms with Crippen molar-refractivity contribution in [3.63, 3.8) is 0 Å². The van der Waals surface area contributed by atoms with Crippen molar-refractivity contribution in [2.24, 2.45) is 0 Å². The molecule has 4 aromatic rings. The van der Waals surface area contributed by atoms with Crippen LogP contribution in [-0.4, -0.2) is 38.3 Å². The van der Waals surface area contributed by atoms with Gasteiger partial charge < -0.3 is 14.6 Å². The highest BCUT2D eigenvalue weighted by atomic mass is 19.4. The minimum Gasteiger partial charge on any atom is -0.490 e. The van der Waals surface area contributed by atoms with E-state index in [2.05, 4.69) is 14.9 Å². The fourth-order valence-corrected chi connectivity index (χ4v) is 5.13. The largest absolute Gasteiger partial charge is 0.490 e. The quantitative estimate of drug-likeness (QED) is 0.313. The van der Waals surface area contributed by atoms with E-state index >= 15 is 0 Å². The first kappa shape index (κ1) is 27.5. The number of hydrogen-bond acceptors (Lipinski definition) is 5. The number of aromatic amines is 1. The van der Waals surface area contributed by atoms with Crippen molar-refractivity contribution in [3.8, 4) is 17.1 Å². The summed E-state index contributed by atoms with van der Waals surface area (Å²) in [7, 11) is 0. The van der Waals surface area contributed by atoms with Gasteiger partial charge in [-0.1, -0.05) is 13.8 Å². The van der Waals surface area contributed by atoms with Crippen LogP contribution in [0.5, 0.6) is 5.75 Å². The molecule has 1 fully saturated rings. The number of imidazole rings is 1. The molecule has 1 aliphatic heterocycles. The fraction of sp³-hybridized carbons (Fsp3) is 0.414. The summed E-state index contributed by atoms with van der Waals surface area (Å²) < 4.78 is 47.5. The molecule has 3 heterocycles. The lowest BCUT2D eigenvalue weighted by atomic mass is 10.1. The number of ether oxygens (including phenoxy) is 1. The van der Waals surface area contributed by atoms with Gasteiger partial charge in [-0.2, -0.15) is 13.2 Å². The minimum atomic E-state index is -4.34. The molecule has 1 saturated heterocycles. The van der Waals surface area contributed by atoms with E-state index in [0.29, 0.717) is 55.3 Å². The van der Waals surface area contributed by atoms with Crippen molar-refractivity contribution in [2.45, 2.75) is 64.9 Å².